The van der Waals surface area contributed by atoms with E-state index < -0.39 is 5.97 Å². The van der Waals surface area contributed by atoms with E-state index in [2.05, 4.69) is 0 Å². The maximum atomic E-state index is 13.5. The minimum absolute atomic E-state index is 0.0824. The largest absolute Gasteiger partial charge is 0.507 e. The van der Waals surface area contributed by atoms with Crippen molar-refractivity contribution in [1.82, 2.24) is 0 Å². The first-order chi connectivity index (χ1) is 18.5. The van der Waals surface area contributed by atoms with Crippen molar-refractivity contribution in [3.8, 4) is 33.8 Å². The van der Waals surface area contributed by atoms with E-state index in [4.69, 9.17) is 4.74 Å². The van der Waals surface area contributed by atoms with Gasteiger partial charge in [0, 0.05) is 22.3 Å². The van der Waals surface area contributed by atoms with Crippen LogP contribution in [0.25, 0.3) is 22.3 Å². The number of carboxylic acid groups (broad SMARTS) is 1. The molecule has 0 saturated carbocycles. The van der Waals surface area contributed by atoms with Gasteiger partial charge in [-0.3, -0.25) is 4.79 Å². The van der Waals surface area contributed by atoms with E-state index in [0.29, 0.717) is 22.4 Å². The number of ketones is 1. The summed E-state index contributed by atoms with van der Waals surface area (Å²) in [5.74, 6) is -1.05. The molecule has 0 atom stereocenters. The molecule has 5 aromatic rings. The average Bonchev–Trinajstić information content (AvgIpc) is 2.96. The summed E-state index contributed by atoms with van der Waals surface area (Å²) in [6.45, 7) is 0.0824. The number of phenols is 1. The van der Waals surface area contributed by atoms with Gasteiger partial charge in [0.05, 0.1) is 0 Å². The van der Waals surface area contributed by atoms with Crippen molar-refractivity contribution >= 4 is 11.8 Å². The summed E-state index contributed by atoms with van der Waals surface area (Å²) in [5.41, 5.74) is 4.81. The number of aromatic hydroxyl groups is 1. The number of rotatable bonds is 8. The van der Waals surface area contributed by atoms with Crippen LogP contribution in [0.3, 0.4) is 0 Å². The topological polar surface area (TPSA) is 83.8 Å². The van der Waals surface area contributed by atoms with Crippen LogP contribution < -0.4 is 4.74 Å². The van der Waals surface area contributed by atoms with Crippen molar-refractivity contribution < 1.29 is 24.5 Å². The molecule has 38 heavy (non-hydrogen) atoms. The zero-order chi connectivity index (χ0) is 26.5. The van der Waals surface area contributed by atoms with Crippen LogP contribution in [-0.4, -0.2) is 22.0 Å². The Morgan fingerprint density at radius 1 is 0.632 bits per heavy atom. The molecule has 2 N–H and O–H groups in total. The third-order valence-corrected chi connectivity index (χ3v) is 6.23. The highest BCUT2D eigenvalue weighted by atomic mass is 16.5. The van der Waals surface area contributed by atoms with E-state index in [0.717, 1.165) is 22.3 Å². The van der Waals surface area contributed by atoms with Crippen molar-refractivity contribution in [3.05, 3.63) is 144 Å². The Labute approximate surface area is 220 Å². The number of carboxylic acids is 1. The first-order valence-electron chi connectivity index (χ1n) is 12.1. The van der Waals surface area contributed by atoms with Gasteiger partial charge in [0.25, 0.3) is 0 Å². The van der Waals surface area contributed by atoms with E-state index in [1.807, 2.05) is 91.0 Å². The van der Waals surface area contributed by atoms with Crippen LogP contribution in [-0.2, 0) is 6.61 Å². The molecule has 0 aliphatic heterocycles. The number of carbonyl (C=O) groups is 2. The molecule has 0 fully saturated rings. The van der Waals surface area contributed by atoms with E-state index >= 15 is 0 Å². The molecular weight excluding hydrogens is 476 g/mol. The molecule has 0 unspecified atom stereocenters. The predicted octanol–water partition coefficient (Wildman–Crippen LogP) is 7.23. The fraction of sp³-hybridized carbons (Fsp3) is 0.0303. The third kappa shape index (κ3) is 5.18. The van der Waals surface area contributed by atoms with Crippen molar-refractivity contribution in [2.45, 2.75) is 6.61 Å². The zero-order valence-corrected chi connectivity index (χ0v) is 20.4. The maximum Gasteiger partial charge on any atom is 0.339 e. The second-order valence-corrected chi connectivity index (χ2v) is 8.77. The number of carbonyl (C=O) groups excluding carboxylic acids is 1. The summed E-state index contributed by atoms with van der Waals surface area (Å²) in [7, 11) is 0. The monoisotopic (exact) mass is 500 g/mol. The van der Waals surface area contributed by atoms with Crippen molar-refractivity contribution in [2.24, 2.45) is 0 Å². The first kappa shape index (κ1) is 24.5. The van der Waals surface area contributed by atoms with E-state index in [9.17, 15) is 19.8 Å². The van der Waals surface area contributed by atoms with Crippen LogP contribution in [0.2, 0.25) is 0 Å². The van der Waals surface area contributed by atoms with Gasteiger partial charge in [-0.25, -0.2) is 4.79 Å². The van der Waals surface area contributed by atoms with Crippen LogP contribution in [0.4, 0.5) is 0 Å². The Kier molecular flexibility index (Phi) is 7.00. The summed E-state index contributed by atoms with van der Waals surface area (Å²) in [6.07, 6.45) is 0. The highest BCUT2D eigenvalue weighted by Crippen LogP contribution is 2.41. The van der Waals surface area contributed by atoms with E-state index in [1.165, 1.54) is 12.1 Å². The zero-order valence-electron chi connectivity index (χ0n) is 20.4. The van der Waals surface area contributed by atoms with Crippen molar-refractivity contribution in [3.63, 3.8) is 0 Å². The molecule has 0 radical (unpaired) electrons. The van der Waals surface area contributed by atoms with Gasteiger partial charge in [0.1, 0.15) is 23.7 Å². The van der Waals surface area contributed by atoms with Crippen LogP contribution in [0.5, 0.6) is 11.5 Å². The minimum Gasteiger partial charge on any atom is -0.507 e. The standard InChI is InChI=1S/C33H24O5/c34-30-18-22(16-17-27(30)33(36)37)21-38-32-28(23-10-4-1-5-11-23)19-26(31(35)25-14-8-3-9-15-25)20-29(32)24-12-6-2-7-13-24/h1-20,34H,21H2,(H,36,37). The van der Waals surface area contributed by atoms with Gasteiger partial charge < -0.3 is 14.9 Å². The number of hydrogen-bond donors (Lipinski definition) is 2. The predicted molar refractivity (Wildman–Crippen MR) is 147 cm³/mol. The van der Waals surface area contributed by atoms with Gasteiger partial charge >= 0.3 is 5.97 Å². The van der Waals surface area contributed by atoms with Crippen LogP contribution >= 0.6 is 0 Å². The normalized spacial score (nSPS) is 10.6. The molecule has 5 nitrogen and oxygen atoms in total. The van der Waals surface area contributed by atoms with E-state index in [-0.39, 0.29) is 23.7 Å². The molecule has 186 valence electrons. The molecule has 5 aromatic carbocycles. The van der Waals surface area contributed by atoms with E-state index in [1.54, 1.807) is 18.2 Å². The molecule has 5 rings (SSSR count). The molecule has 0 spiro atoms. The van der Waals surface area contributed by atoms with Crippen molar-refractivity contribution in [2.75, 3.05) is 0 Å². The second-order valence-electron chi connectivity index (χ2n) is 8.77. The maximum absolute atomic E-state index is 13.5. The highest BCUT2D eigenvalue weighted by molar-refractivity contribution is 6.10. The summed E-state index contributed by atoms with van der Waals surface area (Å²) in [5, 5.41) is 19.4. The number of benzene rings is 5. The molecule has 0 bridgehead atoms. The Hall–Kier alpha value is -5.16. The fourth-order valence-corrected chi connectivity index (χ4v) is 4.34. The smallest absolute Gasteiger partial charge is 0.339 e. The average molecular weight is 501 g/mol. The highest BCUT2D eigenvalue weighted by Gasteiger charge is 2.20. The molecule has 0 aliphatic rings. The molecule has 0 amide bonds. The summed E-state index contributed by atoms with van der Waals surface area (Å²) >= 11 is 0. The van der Waals surface area contributed by atoms with Gasteiger partial charge in [-0.2, -0.15) is 0 Å². The first-order valence-corrected chi connectivity index (χ1v) is 12.1. The lowest BCUT2D eigenvalue weighted by Gasteiger charge is -2.19. The van der Waals surface area contributed by atoms with Crippen molar-refractivity contribution in [1.29, 1.82) is 0 Å². The SMILES string of the molecule is O=C(c1ccccc1)c1cc(-c2ccccc2)c(OCc2ccc(C(=O)O)c(O)c2)c(-c2ccccc2)c1. The number of ether oxygens (including phenoxy) is 1. The van der Waals surface area contributed by atoms with Crippen LogP contribution in [0.15, 0.2) is 121 Å². The summed E-state index contributed by atoms with van der Waals surface area (Å²) in [4.78, 5) is 24.8. The molecule has 0 saturated heterocycles. The minimum atomic E-state index is -1.20. The van der Waals surface area contributed by atoms with Crippen LogP contribution in [0, 0.1) is 0 Å². The van der Waals surface area contributed by atoms with Crippen LogP contribution in [0.1, 0.15) is 31.8 Å². The summed E-state index contributed by atoms with van der Waals surface area (Å²) < 4.78 is 6.39. The Balaban J connectivity index is 1.65. The fourth-order valence-electron chi connectivity index (χ4n) is 4.34. The third-order valence-electron chi connectivity index (χ3n) is 6.23. The molecule has 5 heteroatoms. The number of aromatic carboxylic acids is 1. The Bertz CT molecular complexity index is 1530. The lowest BCUT2D eigenvalue weighted by Crippen LogP contribution is -2.05. The lowest BCUT2D eigenvalue weighted by atomic mass is 9.91. The quantitative estimate of drug-likeness (QED) is 0.220. The van der Waals surface area contributed by atoms with Gasteiger partial charge in [-0.1, -0.05) is 97.1 Å². The molecule has 0 heterocycles. The summed E-state index contributed by atoms with van der Waals surface area (Å²) in [6, 6.07) is 36.6. The second kappa shape index (κ2) is 10.8. The molecule has 0 aliphatic carbocycles. The van der Waals surface area contributed by atoms with Gasteiger partial charge in [0.2, 0.25) is 0 Å². The van der Waals surface area contributed by atoms with Gasteiger partial charge in [-0.05, 0) is 41.0 Å². The van der Waals surface area contributed by atoms with Gasteiger partial charge in [-0.15, -0.1) is 0 Å². The number of hydrogen-bond acceptors (Lipinski definition) is 4. The molecule has 0 aromatic heterocycles. The van der Waals surface area contributed by atoms with Gasteiger partial charge in [0.15, 0.2) is 5.78 Å². The Morgan fingerprint density at radius 2 is 1.16 bits per heavy atom. The lowest BCUT2D eigenvalue weighted by molar-refractivity contribution is 0.0693. The Morgan fingerprint density at radius 3 is 1.66 bits per heavy atom. The molecular formula is C33H24O5.